The van der Waals surface area contributed by atoms with Crippen molar-refractivity contribution in [3.8, 4) is 11.5 Å². The molecule has 1 fully saturated rings. The van der Waals surface area contributed by atoms with Gasteiger partial charge in [0.05, 0.1) is 16.1 Å². The van der Waals surface area contributed by atoms with Crippen LogP contribution >= 0.6 is 11.6 Å². The van der Waals surface area contributed by atoms with Crippen LogP contribution in [0.5, 0.6) is 11.5 Å². The predicted molar refractivity (Wildman–Crippen MR) is 123 cm³/mol. The highest BCUT2D eigenvalue weighted by Crippen LogP contribution is 2.38. The van der Waals surface area contributed by atoms with E-state index in [0.717, 1.165) is 28.6 Å². The highest BCUT2D eigenvalue weighted by Gasteiger charge is 2.32. The third kappa shape index (κ3) is 3.66. The number of amides is 1. The summed E-state index contributed by atoms with van der Waals surface area (Å²) in [6.07, 6.45) is 0. The summed E-state index contributed by atoms with van der Waals surface area (Å²) in [5.41, 5.74) is 2.30. The third-order valence-corrected chi connectivity index (χ3v) is 6.06. The van der Waals surface area contributed by atoms with Crippen molar-refractivity contribution >= 4 is 29.0 Å². The molecular weight excluding hydrogens is 410 g/mol. The van der Waals surface area contributed by atoms with Gasteiger partial charge in [-0.05, 0) is 43.3 Å². The molecule has 1 unspecified atom stereocenters. The second-order valence-electron chi connectivity index (χ2n) is 7.77. The standard InChI is InChI=1S/C25H22ClN3O2/c1-17-16-28(14-15-29(17)25(30)18-8-2-4-10-20(18)26)24-19-9-3-6-12-22(19)31-23-13-7-5-11-21(23)27-24/h2-13,17H,14-16H2,1H3. The number of aliphatic imine (C=N–C) groups is 1. The van der Waals surface area contributed by atoms with Gasteiger partial charge in [-0.15, -0.1) is 0 Å². The van der Waals surface area contributed by atoms with E-state index < -0.39 is 0 Å². The van der Waals surface area contributed by atoms with Crippen LogP contribution in [0.15, 0.2) is 77.8 Å². The Bertz CT molecular complexity index is 1180. The summed E-state index contributed by atoms with van der Waals surface area (Å²) < 4.78 is 6.16. The Morgan fingerprint density at radius 1 is 0.968 bits per heavy atom. The molecule has 2 aliphatic heterocycles. The first-order chi connectivity index (χ1) is 15.1. The predicted octanol–water partition coefficient (Wildman–Crippen LogP) is 5.37. The van der Waals surface area contributed by atoms with Gasteiger partial charge in [0.1, 0.15) is 17.3 Å². The summed E-state index contributed by atoms with van der Waals surface area (Å²) in [5.74, 6) is 2.37. The molecule has 6 heteroatoms. The number of hydrogen-bond acceptors (Lipinski definition) is 4. The van der Waals surface area contributed by atoms with Crippen LogP contribution in [0.1, 0.15) is 22.8 Å². The average molecular weight is 432 g/mol. The van der Waals surface area contributed by atoms with Crippen molar-refractivity contribution in [2.24, 2.45) is 4.99 Å². The van der Waals surface area contributed by atoms with E-state index in [4.69, 9.17) is 21.3 Å². The summed E-state index contributed by atoms with van der Waals surface area (Å²) in [7, 11) is 0. The molecule has 1 atom stereocenters. The molecule has 0 bridgehead atoms. The minimum atomic E-state index is -0.0327. The molecule has 0 N–H and O–H groups in total. The van der Waals surface area contributed by atoms with Gasteiger partial charge in [0, 0.05) is 25.7 Å². The Labute approximate surface area is 186 Å². The lowest BCUT2D eigenvalue weighted by Crippen LogP contribution is -2.55. The molecule has 0 aliphatic carbocycles. The number of halogens is 1. The van der Waals surface area contributed by atoms with E-state index in [1.54, 1.807) is 12.1 Å². The zero-order valence-electron chi connectivity index (χ0n) is 17.2. The number of piperazine rings is 1. The van der Waals surface area contributed by atoms with Crippen molar-refractivity contribution in [1.29, 1.82) is 0 Å². The van der Waals surface area contributed by atoms with Crippen molar-refractivity contribution in [2.75, 3.05) is 19.6 Å². The fourth-order valence-corrected chi connectivity index (χ4v) is 4.37. The molecule has 0 spiro atoms. The lowest BCUT2D eigenvalue weighted by atomic mass is 10.1. The van der Waals surface area contributed by atoms with Gasteiger partial charge in [-0.25, -0.2) is 4.99 Å². The molecule has 3 aromatic rings. The molecule has 5 rings (SSSR count). The SMILES string of the molecule is CC1CN(C2=Nc3ccccc3Oc3ccccc32)CCN1C(=O)c1ccccc1Cl. The second kappa shape index (κ2) is 8.08. The molecule has 0 radical (unpaired) electrons. The van der Waals surface area contributed by atoms with E-state index in [1.165, 1.54) is 0 Å². The number of amidine groups is 1. The maximum atomic E-state index is 13.1. The largest absolute Gasteiger partial charge is 0.454 e. The average Bonchev–Trinajstić information content (AvgIpc) is 2.96. The van der Waals surface area contributed by atoms with Gasteiger partial charge in [-0.2, -0.15) is 0 Å². The van der Waals surface area contributed by atoms with Crippen LogP contribution in [0.2, 0.25) is 5.02 Å². The maximum absolute atomic E-state index is 13.1. The highest BCUT2D eigenvalue weighted by molar-refractivity contribution is 6.33. The summed E-state index contributed by atoms with van der Waals surface area (Å²) >= 11 is 6.27. The Morgan fingerprint density at radius 2 is 1.68 bits per heavy atom. The number of benzene rings is 3. The van der Waals surface area contributed by atoms with Crippen molar-refractivity contribution in [3.63, 3.8) is 0 Å². The van der Waals surface area contributed by atoms with Crippen LogP contribution in [0.25, 0.3) is 0 Å². The van der Waals surface area contributed by atoms with Gasteiger partial charge in [0.25, 0.3) is 5.91 Å². The summed E-state index contributed by atoms with van der Waals surface area (Å²) in [6, 6.07) is 23.0. The lowest BCUT2D eigenvalue weighted by molar-refractivity contribution is 0.0581. The zero-order chi connectivity index (χ0) is 21.4. The van der Waals surface area contributed by atoms with Crippen LogP contribution in [0, 0.1) is 0 Å². The Hall–Kier alpha value is -3.31. The monoisotopic (exact) mass is 431 g/mol. The quantitative estimate of drug-likeness (QED) is 0.520. The molecule has 0 aromatic heterocycles. The highest BCUT2D eigenvalue weighted by atomic mass is 35.5. The van der Waals surface area contributed by atoms with Crippen LogP contribution in [0.4, 0.5) is 5.69 Å². The van der Waals surface area contributed by atoms with E-state index in [9.17, 15) is 4.79 Å². The Morgan fingerprint density at radius 3 is 2.48 bits per heavy atom. The van der Waals surface area contributed by atoms with Crippen LogP contribution in [-0.4, -0.2) is 47.2 Å². The van der Waals surface area contributed by atoms with Gasteiger partial charge in [-0.1, -0.05) is 48.0 Å². The third-order valence-electron chi connectivity index (χ3n) is 5.73. The van der Waals surface area contributed by atoms with Crippen molar-refractivity contribution in [3.05, 3.63) is 88.9 Å². The van der Waals surface area contributed by atoms with E-state index in [2.05, 4.69) is 11.8 Å². The van der Waals surface area contributed by atoms with Crippen LogP contribution < -0.4 is 4.74 Å². The fourth-order valence-electron chi connectivity index (χ4n) is 4.15. The molecular formula is C25H22ClN3O2. The molecule has 156 valence electrons. The summed E-state index contributed by atoms with van der Waals surface area (Å²) in [6.45, 7) is 4.00. The normalized spacial score (nSPS) is 17.7. The van der Waals surface area contributed by atoms with E-state index in [1.807, 2.05) is 65.6 Å². The topological polar surface area (TPSA) is 45.1 Å². The van der Waals surface area contributed by atoms with Gasteiger partial charge in [0.2, 0.25) is 0 Å². The molecule has 2 heterocycles. The fraction of sp³-hybridized carbons (Fsp3) is 0.200. The smallest absolute Gasteiger partial charge is 0.255 e. The number of carbonyl (C=O) groups excluding carboxylic acids is 1. The molecule has 3 aromatic carbocycles. The Balaban J connectivity index is 1.45. The molecule has 2 aliphatic rings. The number of carbonyl (C=O) groups is 1. The Kier molecular flexibility index (Phi) is 5.12. The van der Waals surface area contributed by atoms with E-state index in [0.29, 0.717) is 30.2 Å². The zero-order valence-corrected chi connectivity index (χ0v) is 17.9. The van der Waals surface area contributed by atoms with Gasteiger partial charge >= 0.3 is 0 Å². The van der Waals surface area contributed by atoms with Gasteiger partial charge in [-0.3, -0.25) is 4.79 Å². The molecule has 1 amide bonds. The number of hydrogen-bond donors (Lipinski definition) is 0. The number of fused-ring (bicyclic) bond motifs is 2. The second-order valence-corrected chi connectivity index (χ2v) is 8.18. The minimum Gasteiger partial charge on any atom is -0.454 e. The number of nitrogens with zero attached hydrogens (tertiary/aromatic N) is 3. The van der Waals surface area contributed by atoms with E-state index in [-0.39, 0.29) is 11.9 Å². The molecule has 0 saturated carbocycles. The first-order valence-electron chi connectivity index (χ1n) is 10.4. The van der Waals surface area contributed by atoms with Crippen molar-refractivity contribution in [2.45, 2.75) is 13.0 Å². The first-order valence-corrected chi connectivity index (χ1v) is 10.7. The summed E-state index contributed by atoms with van der Waals surface area (Å²) in [5, 5.41) is 0.484. The molecule has 31 heavy (non-hydrogen) atoms. The molecule has 5 nitrogen and oxygen atoms in total. The maximum Gasteiger partial charge on any atom is 0.255 e. The summed E-state index contributed by atoms with van der Waals surface area (Å²) in [4.78, 5) is 22.2. The van der Waals surface area contributed by atoms with Gasteiger partial charge in [0.15, 0.2) is 5.75 Å². The first kappa shape index (κ1) is 19.6. The van der Waals surface area contributed by atoms with Crippen molar-refractivity contribution in [1.82, 2.24) is 9.80 Å². The van der Waals surface area contributed by atoms with Crippen molar-refractivity contribution < 1.29 is 9.53 Å². The van der Waals surface area contributed by atoms with Gasteiger partial charge < -0.3 is 14.5 Å². The van der Waals surface area contributed by atoms with E-state index >= 15 is 0 Å². The lowest BCUT2D eigenvalue weighted by Gasteiger charge is -2.41. The molecule has 1 saturated heterocycles. The number of ether oxygens (including phenoxy) is 1. The number of rotatable bonds is 1. The number of para-hydroxylation sites is 3. The van der Waals surface area contributed by atoms with Crippen LogP contribution in [-0.2, 0) is 0 Å². The van der Waals surface area contributed by atoms with Crippen LogP contribution in [0.3, 0.4) is 0 Å². The minimum absolute atomic E-state index is 0.00630.